The standard InChI is InChI=1S/C19H24N2O2/c1-13-6-4-5-7-17(13)21-19(22)16(12-20)10-15-9-8-14(2)18(11-15)23-3/h8-11,13,17H,4-7H2,1-3H3,(H,21,22)/b16-10+/t13-,17+/m1/s1. The van der Waals surface area contributed by atoms with E-state index in [2.05, 4.69) is 12.2 Å². The van der Waals surface area contributed by atoms with Crippen LogP contribution in [0.2, 0.25) is 0 Å². The van der Waals surface area contributed by atoms with E-state index in [-0.39, 0.29) is 17.5 Å². The second-order valence-corrected chi connectivity index (χ2v) is 6.24. The van der Waals surface area contributed by atoms with Crippen molar-refractivity contribution < 1.29 is 9.53 Å². The highest BCUT2D eigenvalue weighted by atomic mass is 16.5. The Morgan fingerprint density at radius 2 is 2.13 bits per heavy atom. The molecule has 1 aliphatic carbocycles. The number of nitrogens with zero attached hydrogens (tertiary/aromatic N) is 1. The number of hydrogen-bond donors (Lipinski definition) is 1. The normalized spacial score (nSPS) is 21.4. The summed E-state index contributed by atoms with van der Waals surface area (Å²) < 4.78 is 5.28. The molecule has 0 radical (unpaired) electrons. The molecule has 0 spiro atoms. The van der Waals surface area contributed by atoms with Crippen LogP contribution in [0, 0.1) is 24.2 Å². The quantitative estimate of drug-likeness (QED) is 0.682. The van der Waals surface area contributed by atoms with Crippen LogP contribution >= 0.6 is 0 Å². The molecule has 1 aromatic carbocycles. The zero-order valence-electron chi connectivity index (χ0n) is 14.1. The molecule has 0 bridgehead atoms. The highest BCUT2D eigenvalue weighted by Crippen LogP contribution is 2.24. The van der Waals surface area contributed by atoms with Gasteiger partial charge in [-0.1, -0.05) is 31.9 Å². The van der Waals surface area contributed by atoms with Crippen LogP contribution in [-0.2, 0) is 4.79 Å². The summed E-state index contributed by atoms with van der Waals surface area (Å²) in [6.45, 7) is 4.11. The molecule has 1 fully saturated rings. The van der Waals surface area contributed by atoms with E-state index in [1.165, 1.54) is 6.42 Å². The van der Waals surface area contributed by atoms with Crippen LogP contribution in [0.5, 0.6) is 5.75 Å². The van der Waals surface area contributed by atoms with Crippen LogP contribution in [0.15, 0.2) is 23.8 Å². The molecule has 1 N–H and O–H groups in total. The third-order valence-electron chi connectivity index (χ3n) is 4.54. The van der Waals surface area contributed by atoms with Gasteiger partial charge in [-0.05, 0) is 49.0 Å². The monoisotopic (exact) mass is 312 g/mol. The number of carbonyl (C=O) groups excluding carboxylic acids is 1. The molecule has 0 aliphatic heterocycles. The number of nitriles is 1. The summed E-state index contributed by atoms with van der Waals surface area (Å²) in [5.41, 5.74) is 1.94. The van der Waals surface area contributed by atoms with Crippen molar-refractivity contribution >= 4 is 12.0 Å². The van der Waals surface area contributed by atoms with Gasteiger partial charge < -0.3 is 10.1 Å². The first kappa shape index (κ1) is 17.1. The third kappa shape index (κ3) is 4.35. The highest BCUT2D eigenvalue weighted by molar-refractivity contribution is 6.01. The predicted molar refractivity (Wildman–Crippen MR) is 90.9 cm³/mol. The second-order valence-electron chi connectivity index (χ2n) is 6.24. The smallest absolute Gasteiger partial charge is 0.262 e. The molecule has 1 amide bonds. The maximum absolute atomic E-state index is 12.4. The molecular weight excluding hydrogens is 288 g/mol. The lowest BCUT2D eigenvalue weighted by Crippen LogP contribution is -2.41. The van der Waals surface area contributed by atoms with Gasteiger partial charge in [0.2, 0.25) is 0 Å². The first-order valence-corrected chi connectivity index (χ1v) is 8.12. The predicted octanol–water partition coefficient (Wildman–Crippen LogP) is 3.61. The van der Waals surface area contributed by atoms with E-state index < -0.39 is 0 Å². The van der Waals surface area contributed by atoms with Crippen molar-refractivity contribution in [3.05, 3.63) is 34.9 Å². The molecule has 0 saturated heterocycles. The molecule has 23 heavy (non-hydrogen) atoms. The minimum Gasteiger partial charge on any atom is -0.496 e. The summed E-state index contributed by atoms with van der Waals surface area (Å²) >= 11 is 0. The molecule has 1 saturated carbocycles. The minimum atomic E-state index is -0.286. The molecule has 2 rings (SSSR count). The van der Waals surface area contributed by atoms with Gasteiger partial charge in [-0.3, -0.25) is 4.79 Å². The van der Waals surface area contributed by atoms with Gasteiger partial charge in [-0.15, -0.1) is 0 Å². The molecule has 1 aliphatic rings. The Kier molecular flexibility index (Phi) is 5.81. The van der Waals surface area contributed by atoms with Crippen molar-refractivity contribution in [3.63, 3.8) is 0 Å². The summed E-state index contributed by atoms with van der Waals surface area (Å²) in [7, 11) is 1.61. The number of methoxy groups -OCH3 is 1. The van der Waals surface area contributed by atoms with Gasteiger partial charge in [0.05, 0.1) is 7.11 Å². The fourth-order valence-corrected chi connectivity index (χ4v) is 3.02. The van der Waals surface area contributed by atoms with Gasteiger partial charge in [-0.25, -0.2) is 0 Å². The van der Waals surface area contributed by atoms with Crippen LogP contribution in [0.4, 0.5) is 0 Å². The molecule has 4 nitrogen and oxygen atoms in total. The SMILES string of the molecule is COc1cc(/C=C(\C#N)C(=O)N[C@H]2CCCC[C@H]2C)ccc1C. The van der Waals surface area contributed by atoms with E-state index >= 15 is 0 Å². The van der Waals surface area contributed by atoms with Crippen LogP contribution in [-0.4, -0.2) is 19.1 Å². The van der Waals surface area contributed by atoms with Crippen LogP contribution in [0.25, 0.3) is 6.08 Å². The van der Waals surface area contributed by atoms with E-state index in [9.17, 15) is 10.1 Å². The van der Waals surface area contributed by atoms with E-state index in [4.69, 9.17) is 4.74 Å². The van der Waals surface area contributed by atoms with Gasteiger partial charge in [0.1, 0.15) is 17.4 Å². The number of ether oxygens (including phenoxy) is 1. The zero-order valence-corrected chi connectivity index (χ0v) is 14.1. The van der Waals surface area contributed by atoms with E-state index in [0.717, 1.165) is 36.1 Å². The summed E-state index contributed by atoms with van der Waals surface area (Å²) in [5, 5.41) is 12.3. The number of amides is 1. The van der Waals surface area contributed by atoms with Crippen molar-refractivity contribution in [2.45, 2.75) is 45.6 Å². The lowest BCUT2D eigenvalue weighted by Gasteiger charge is -2.29. The van der Waals surface area contributed by atoms with Crippen LogP contribution < -0.4 is 10.1 Å². The number of hydrogen-bond acceptors (Lipinski definition) is 3. The van der Waals surface area contributed by atoms with Crippen molar-refractivity contribution in [1.82, 2.24) is 5.32 Å². The van der Waals surface area contributed by atoms with Gasteiger partial charge >= 0.3 is 0 Å². The fraction of sp³-hybridized carbons (Fsp3) is 0.474. The summed E-state index contributed by atoms with van der Waals surface area (Å²) in [5.74, 6) is 0.926. The highest BCUT2D eigenvalue weighted by Gasteiger charge is 2.24. The Labute approximate surface area is 138 Å². The Bertz CT molecular complexity index is 643. The molecule has 0 unspecified atom stereocenters. The Balaban J connectivity index is 2.15. The van der Waals surface area contributed by atoms with E-state index in [1.54, 1.807) is 13.2 Å². The molecule has 1 aromatic rings. The van der Waals surface area contributed by atoms with Crippen molar-refractivity contribution in [1.29, 1.82) is 5.26 Å². The molecule has 0 heterocycles. The number of nitrogens with one attached hydrogen (secondary N) is 1. The maximum atomic E-state index is 12.4. The van der Waals surface area contributed by atoms with Crippen LogP contribution in [0.1, 0.15) is 43.7 Å². The Hall–Kier alpha value is -2.28. The molecule has 122 valence electrons. The maximum Gasteiger partial charge on any atom is 0.262 e. The van der Waals surface area contributed by atoms with Crippen molar-refractivity contribution in [3.8, 4) is 11.8 Å². The number of rotatable bonds is 4. The molecular formula is C19H24N2O2. The summed E-state index contributed by atoms with van der Waals surface area (Å²) in [6, 6.07) is 7.82. The topological polar surface area (TPSA) is 62.1 Å². The average Bonchev–Trinajstić information content (AvgIpc) is 2.56. The molecule has 4 heteroatoms. The zero-order chi connectivity index (χ0) is 16.8. The second kappa shape index (κ2) is 7.82. The first-order chi connectivity index (χ1) is 11.0. The van der Waals surface area contributed by atoms with E-state index in [0.29, 0.717) is 5.92 Å². The van der Waals surface area contributed by atoms with Gasteiger partial charge in [0.15, 0.2) is 0 Å². The summed E-state index contributed by atoms with van der Waals surface area (Å²) in [6.07, 6.45) is 6.09. The van der Waals surface area contributed by atoms with Crippen LogP contribution in [0.3, 0.4) is 0 Å². The van der Waals surface area contributed by atoms with Crippen molar-refractivity contribution in [2.75, 3.05) is 7.11 Å². The Morgan fingerprint density at radius 1 is 1.39 bits per heavy atom. The van der Waals surface area contributed by atoms with Crippen molar-refractivity contribution in [2.24, 2.45) is 5.92 Å². The Morgan fingerprint density at radius 3 is 2.78 bits per heavy atom. The van der Waals surface area contributed by atoms with Gasteiger partial charge in [-0.2, -0.15) is 5.26 Å². The minimum absolute atomic E-state index is 0.133. The largest absolute Gasteiger partial charge is 0.496 e. The molecule has 0 aromatic heterocycles. The summed E-state index contributed by atoms with van der Waals surface area (Å²) in [4.78, 5) is 12.4. The van der Waals surface area contributed by atoms with E-state index in [1.807, 2.05) is 31.2 Å². The average molecular weight is 312 g/mol. The lowest BCUT2D eigenvalue weighted by molar-refractivity contribution is -0.118. The number of benzene rings is 1. The van der Waals surface area contributed by atoms with Gasteiger partial charge in [0, 0.05) is 6.04 Å². The third-order valence-corrected chi connectivity index (χ3v) is 4.54. The van der Waals surface area contributed by atoms with Gasteiger partial charge in [0.25, 0.3) is 5.91 Å². The first-order valence-electron chi connectivity index (χ1n) is 8.12. The fourth-order valence-electron chi connectivity index (χ4n) is 3.02. The number of carbonyl (C=O) groups is 1. The number of aryl methyl sites for hydroxylation is 1. The lowest BCUT2D eigenvalue weighted by atomic mass is 9.86. The molecule has 2 atom stereocenters.